The third-order valence-electron chi connectivity index (χ3n) is 2.37. The molecule has 1 aliphatic rings. The van der Waals surface area contributed by atoms with E-state index in [0.29, 0.717) is 6.04 Å². The normalized spacial score (nSPS) is 28.9. The first-order valence-corrected chi connectivity index (χ1v) is 4.75. The Morgan fingerprint density at radius 2 is 2.25 bits per heavy atom. The Labute approximate surface area is 74.7 Å². The van der Waals surface area contributed by atoms with Gasteiger partial charge in [-0.1, -0.05) is 11.6 Å². The first kappa shape index (κ1) is 9.75. The molecule has 0 spiro atoms. The van der Waals surface area contributed by atoms with Crippen molar-refractivity contribution in [2.45, 2.75) is 45.3 Å². The van der Waals surface area contributed by atoms with Gasteiger partial charge in [0.2, 0.25) is 0 Å². The van der Waals surface area contributed by atoms with Crippen molar-refractivity contribution in [1.29, 1.82) is 0 Å². The highest BCUT2D eigenvalue weighted by atomic mass is 16.3. The lowest BCUT2D eigenvalue weighted by molar-refractivity contribution is 0.151. The van der Waals surface area contributed by atoms with E-state index in [4.69, 9.17) is 0 Å². The molecule has 2 heteroatoms. The minimum Gasteiger partial charge on any atom is -0.392 e. The third kappa shape index (κ3) is 2.95. The molecule has 0 bridgehead atoms. The van der Waals surface area contributed by atoms with Crippen LogP contribution in [0.15, 0.2) is 11.6 Å². The molecule has 2 atom stereocenters. The Morgan fingerprint density at radius 3 is 2.75 bits per heavy atom. The van der Waals surface area contributed by atoms with Crippen LogP contribution in [0.25, 0.3) is 0 Å². The van der Waals surface area contributed by atoms with Crippen LogP contribution in [0.5, 0.6) is 0 Å². The van der Waals surface area contributed by atoms with E-state index >= 15 is 0 Å². The molecule has 70 valence electrons. The van der Waals surface area contributed by atoms with E-state index in [1.807, 2.05) is 0 Å². The summed E-state index contributed by atoms with van der Waals surface area (Å²) >= 11 is 0. The number of nitrogens with one attached hydrogen (secondary N) is 1. The quantitative estimate of drug-likeness (QED) is 0.627. The lowest BCUT2D eigenvalue weighted by atomic mass is 10.2. The highest BCUT2D eigenvalue weighted by Crippen LogP contribution is 2.18. The number of aliphatic hydroxyl groups excluding tert-OH is 1. The summed E-state index contributed by atoms with van der Waals surface area (Å²) in [7, 11) is 0. The summed E-state index contributed by atoms with van der Waals surface area (Å²) in [6, 6.07) is 0.334. The Balaban J connectivity index is 2.18. The SMILES string of the molecule is CC(C)=CCN[C@@H]1CCC[C@H]1O. The molecule has 0 amide bonds. The third-order valence-corrected chi connectivity index (χ3v) is 2.37. The Bertz CT molecular complexity index is 161. The first-order chi connectivity index (χ1) is 5.70. The second-order valence-electron chi connectivity index (χ2n) is 3.79. The van der Waals surface area contributed by atoms with Crippen LogP contribution >= 0.6 is 0 Å². The van der Waals surface area contributed by atoms with Gasteiger partial charge in [0.25, 0.3) is 0 Å². The number of aliphatic hydroxyl groups is 1. The van der Waals surface area contributed by atoms with E-state index in [2.05, 4.69) is 25.2 Å². The van der Waals surface area contributed by atoms with Gasteiger partial charge >= 0.3 is 0 Å². The maximum Gasteiger partial charge on any atom is 0.0693 e. The largest absolute Gasteiger partial charge is 0.392 e. The second-order valence-corrected chi connectivity index (χ2v) is 3.79. The molecule has 2 nitrogen and oxygen atoms in total. The standard InChI is InChI=1S/C10H19NO/c1-8(2)6-7-11-9-4-3-5-10(9)12/h6,9-12H,3-5,7H2,1-2H3/t9-,10-/m1/s1. The van der Waals surface area contributed by atoms with E-state index in [-0.39, 0.29) is 6.10 Å². The van der Waals surface area contributed by atoms with Crippen LogP contribution < -0.4 is 5.32 Å². The summed E-state index contributed by atoms with van der Waals surface area (Å²) in [5, 5.41) is 12.8. The molecular weight excluding hydrogens is 150 g/mol. The molecule has 1 aliphatic carbocycles. The molecule has 0 heterocycles. The molecule has 0 unspecified atom stereocenters. The molecule has 0 aromatic heterocycles. The molecule has 1 saturated carbocycles. The summed E-state index contributed by atoms with van der Waals surface area (Å²) in [5.41, 5.74) is 1.33. The minimum atomic E-state index is -0.115. The highest BCUT2D eigenvalue weighted by Gasteiger charge is 2.23. The molecule has 0 radical (unpaired) electrons. The summed E-state index contributed by atoms with van der Waals surface area (Å²) < 4.78 is 0. The van der Waals surface area contributed by atoms with Crippen molar-refractivity contribution in [1.82, 2.24) is 5.32 Å². The second kappa shape index (κ2) is 4.63. The summed E-state index contributed by atoms with van der Waals surface area (Å²) in [6.07, 6.45) is 5.29. The predicted molar refractivity (Wildman–Crippen MR) is 51.1 cm³/mol. The maximum atomic E-state index is 9.47. The zero-order valence-corrected chi connectivity index (χ0v) is 8.01. The van der Waals surface area contributed by atoms with Crippen molar-refractivity contribution in [3.8, 4) is 0 Å². The Kier molecular flexibility index (Phi) is 3.76. The zero-order chi connectivity index (χ0) is 8.97. The molecule has 1 fully saturated rings. The molecule has 0 aromatic rings. The van der Waals surface area contributed by atoms with E-state index in [0.717, 1.165) is 25.8 Å². The summed E-state index contributed by atoms with van der Waals surface area (Å²) in [5.74, 6) is 0. The van der Waals surface area contributed by atoms with Crippen LogP contribution in [-0.4, -0.2) is 23.8 Å². The van der Waals surface area contributed by atoms with Crippen molar-refractivity contribution >= 4 is 0 Å². The van der Waals surface area contributed by atoms with Gasteiger partial charge in [0.1, 0.15) is 0 Å². The van der Waals surface area contributed by atoms with Gasteiger partial charge in [-0.25, -0.2) is 0 Å². The zero-order valence-electron chi connectivity index (χ0n) is 8.01. The summed E-state index contributed by atoms with van der Waals surface area (Å²) in [4.78, 5) is 0. The van der Waals surface area contributed by atoms with E-state index in [1.54, 1.807) is 0 Å². The van der Waals surface area contributed by atoms with Crippen LogP contribution in [-0.2, 0) is 0 Å². The molecular formula is C10H19NO. The van der Waals surface area contributed by atoms with Gasteiger partial charge in [-0.15, -0.1) is 0 Å². The molecule has 0 saturated heterocycles. The summed E-state index contributed by atoms with van der Waals surface area (Å²) in [6.45, 7) is 5.07. The highest BCUT2D eigenvalue weighted by molar-refractivity contribution is 4.96. The number of hydrogen-bond acceptors (Lipinski definition) is 2. The van der Waals surface area contributed by atoms with Crippen LogP contribution in [0.2, 0.25) is 0 Å². The van der Waals surface area contributed by atoms with Crippen molar-refractivity contribution in [3.63, 3.8) is 0 Å². The van der Waals surface area contributed by atoms with Gasteiger partial charge in [-0.2, -0.15) is 0 Å². The lowest BCUT2D eigenvalue weighted by Gasteiger charge is -2.14. The first-order valence-electron chi connectivity index (χ1n) is 4.75. The molecule has 0 aromatic carbocycles. The van der Waals surface area contributed by atoms with Crippen LogP contribution in [0.3, 0.4) is 0 Å². The monoisotopic (exact) mass is 169 g/mol. The fourth-order valence-corrected chi connectivity index (χ4v) is 1.59. The smallest absolute Gasteiger partial charge is 0.0693 e. The van der Waals surface area contributed by atoms with Crippen molar-refractivity contribution < 1.29 is 5.11 Å². The van der Waals surface area contributed by atoms with Crippen LogP contribution in [0, 0.1) is 0 Å². The molecule has 1 rings (SSSR count). The van der Waals surface area contributed by atoms with E-state index in [9.17, 15) is 5.11 Å². The van der Waals surface area contributed by atoms with Crippen LogP contribution in [0.4, 0.5) is 0 Å². The lowest BCUT2D eigenvalue weighted by Crippen LogP contribution is -2.35. The Hall–Kier alpha value is -0.340. The number of rotatable bonds is 3. The van der Waals surface area contributed by atoms with Gasteiger partial charge in [0.05, 0.1) is 6.10 Å². The topological polar surface area (TPSA) is 32.3 Å². The molecule has 2 N–H and O–H groups in total. The Morgan fingerprint density at radius 1 is 1.50 bits per heavy atom. The number of allylic oxidation sites excluding steroid dienone is 1. The average molecular weight is 169 g/mol. The fraction of sp³-hybridized carbons (Fsp3) is 0.800. The van der Waals surface area contributed by atoms with E-state index in [1.165, 1.54) is 5.57 Å². The van der Waals surface area contributed by atoms with Crippen molar-refractivity contribution in [3.05, 3.63) is 11.6 Å². The van der Waals surface area contributed by atoms with Crippen molar-refractivity contribution in [2.24, 2.45) is 0 Å². The minimum absolute atomic E-state index is 0.115. The average Bonchev–Trinajstić information content (AvgIpc) is 2.36. The fourth-order valence-electron chi connectivity index (χ4n) is 1.59. The van der Waals surface area contributed by atoms with Gasteiger partial charge in [0.15, 0.2) is 0 Å². The van der Waals surface area contributed by atoms with Gasteiger partial charge in [-0.3, -0.25) is 0 Å². The van der Waals surface area contributed by atoms with E-state index < -0.39 is 0 Å². The predicted octanol–water partition coefficient (Wildman–Crippen LogP) is 1.46. The number of hydrogen-bond donors (Lipinski definition) is 2. The van der Waals surface area contributed by atoms with Gasteiger partial charge in [-0.05, 0) is 33.1 Å². The van der Waals surface area contributed by atoms with Crippen molar-refractivity contribution in [2.75, 3.05) is 6.54 Å². The maximum absolute atomic E-state index is 9.47. The van der Waals surface area contributed by atoms with Crippen LogP contribution in [0.1, 0.15) is 33.1 Å². The molecule has 0 aliphatic heterocycles. The van der Waals surface area contributed by atoms with Gasteiger partial charge in [0, 0.05) is 12.6 Å². The molecule has 12 heavy (non-hydrogen) atoms. The van der Waals surface area contributed by atoms with Gasteiger partial charge < -0.3 is 10.4 Å².